The molecule has 4 aromatic rings. The van der Waals surface area contributed by atoms with Crippen LogP contribution in [0, 0.1) is 6.92 Å². The van der Waals surface area contributed by atoms with Crippen molar-refractivity contribution in [2.45, 2.75) is 13.3 Å². The summed E-state index contributed by atoms with van der Waals surface area (Å²) in [6.45, 7) is 1.93. The third-order valence-corrected chi connectivity index (χ3v) is 4.91. The molecule has 0 aliphatic carbocycles. The highest BCUT2D eigenvalue weighted by Gasteiger charge is 2.16. The number of carbonyl (C=O) groups is 2. The molecule has 4 aromatic carbocycles. The Morgan fingerprint density at radius 2 is 1.48 bits per heavy atom. The average Bonchev–Trinajstić information content (AvgIpc) is 2.75. The highest BCUT2D eigenvalue weighted by atomic mass is 16.1. The van der Waals surface area contributed by atoms with Crippen LogP contribution in [0.1, 0.15) is 27.0 Å². The van der Waals surface area contributed by atoms with Crippen molar-refractivity contribution >= 4 is 28.2 Å². The number of carbonyl (C=O) groups excluding carboxylic acids is 2. The lowest BCUT2D eigenvalue weighted by Crippen LogP contribution is -2.17. The molecule has 4 rings (SSSR count). The highest BCUT2D eigenvalue weighted by Crippen LogP contribution is 2.22. The van der Waals surface area contributed by atoms with Gasteiger partial charge in [-0.05, 0) is 35.4 Å². The van der Waals surface area contributed by atoms with Gasteiger partial charge >= 0.3 is 0 Å². The van der Waals surface area contributed by atoms with Crippen LogP contribution in [0.15, 0.2) is 91.0 Å². The Labute approximate surface area is 170 Å². The normalized spacial score (nSPS) is 10.7. The Hall–Kier alpha value is -3.72. The fourth-order valence-electron chi connectivity index (χ4n) is 3.43. The number of fused-ring (bicyclic) bond motifs is 1. The standard InChI is InChI=1S/C26H21NO2/c1-18-11-14-24(23(15-18)26(29)21-8-3-2-4-9-21)27-25(28)17-19-12-13-20-7-5-6-10-22(20)16-19/h2-16H,17H2,1H3,(H,27,28). The molecule has 29 heavy (non-hydrogen) atoms. The van der Waals surface area contributed by atoms with Gasteiger partial charge in [-0.15, -0.1) is 0 Å². The lowest BCUT2D eigenvalue weighted by Gasteiger charge is -2.12. The molecule has 0 heterocycles. The molecule has 142 valence electrons. The summed E-state index contributed by atoms with van der Waals surface area (Å²) >= 11 is 0. The van der Waals surface area contributed by atoms with Crippen LogP contribution >= 0.6 is 0 Å². The zero-order valence-electron chi connectivity index (χ0n) is 16.2. The molecule has 0 saturated carbocycles. The summed E-state index contributed by atoms with van der Waals surface area (Å²) < 4.78 is 0. The van der Waals surface area contributed by atoms with Crippen LogP contribution in [0.25, 0.3) is 10.8 Å². The van der Waals surface area contributed by atoms with E-state index in [1.807, 2.05) is 79.7 Å². The van der Waals surface area contributed by atoms with Crippen molar-refractivity contribution in [2.24, 2.45) is 0 Å². The maximum atomic E-state index is 13.0. The monoisotopic (exact) mass is 379 g/mol. The summed E-state index contributed by atoms with van der Waals surface area (Å²) in [5.41, 5.74) is 3.54. The number of ketones is 1. The Morgan fingerprint density at radius 3 is 2.28 bits per heavy atom. The molecule has 0 radical (unpaired) electrons. The minimum atomic E-state index is -0.147. The molecule has 0 bridgehead atoms. The van der Waals surface area contributed by atoms with Crippen LogP contribution in [-0.2, 0) is 11.2 Å². The Kier molecular flexibility index (Phi) is 5.21. The van der Waals surface area contributed by atoms with Gasteiger partial charge in [-0.1, -0.05) is 84.4 Å². The molecule has 0 fully saturated rings. The molecular weight excluding hydrogens is 358 g/mol. The second-order valence-electron chi connectivity index (χ2n) is 7.15. The molecule has 0 atom stereocenters. The van der Waals surface area contributed by atoms with Crippen LogP contribution in [0.5, 0.6) is 0 Å². The van der Waals surface area contributed by atoms with E-state index in [9.17, 15) is 9.59 Å². The van der Waals surface area contributed by atoms with Gasteiger partial charge in [-0.2, -0.15) is 0 Å². The van der Waals surface area contributed by atoms with Gasteiger partial charge in [0.1, 0.15) is 0 Å². The molecule has 1 N–H and O–H groups in total. The predicted octanol–water partition coefficient (Wildman–Crippen LogP) is 5.56. The van der Waals surface area contributed by atoms with Gasteiger partial charge in [0, 0.05) is 11.1 Å². The van der Waals surface area contributed by atoms with Gasteiger partial charge in [0.05, 0.1) is 12.1 Å². The minimum absolute atomic E-state index is 0.102. The fourth-order valence-corrected chi connectivity index (χ4v) is 3.43. The molecule has 0 aromatic heterocycles. The number of nitrogens with one attached hydrogen (secondary N) is 1. The Morgan fingerprint density at radius 1 is 0.759 bits per heavy atom. The lowest BCUT2D eigenvalue weighted by atomic mass is 9.99. The molecule has 0 unspecified atom stereocenters. The first kappa shape index (κ1) is 18.6. The van der Waals surface area contributed by atoms with Crippen LogP contribution < -0.4 is 5.32 Å². The molecule has 3 heteroatoms. The number of rotatable bonds is 5. The van der Waals surface area contributed by atoms with Gasteiger partial charge in [-0.3, -0.25) is 9.59 Å². The van der Waals surface area contributed by atoms with Crippen molar-refractivity contribution in [2.75, 3.05) is 5.32 Å². The zero-order chi connectivity index (χ0) is 20.2. The lowest BCUT2D eigenvalue weighted by molar-refractivity contribution is -0.115. The summed E-state index contributed by atoms with van der Waals surface area (Å²) in [5.74, 6) is -0.249. The molecule has 1 amide bonds. The van der Waals surface area contributed by atoms with Crippen molar-refractivity contribution in [3.05, 3.63) is 113 Å². The zero-order valence-corrected chi connectivity index (χ0v) is 16.2. The van der Waals surface area contributed by atoms with E-state index in [2.05, 4.69) is 5.32 Å². The van der Waals surface area contributed by atoms with E-state index in [1.54, 1.807) is 18.2 Å². The van der Waals surface area contributed by atoms with Crippen LogP contribution in [0.3, 0.4) is 0 Å². The number of amides is 1. The van der Waals surface area contributed by atoms with Crippen molar-refractivity contribution in [1.29, 1.82) is 0 Å². The minimum Gasteiger partial charge on any atom is -0.325 e. The van der Waals surface area contributed by atoms with Crippen LogP contribution in [0.2, 0.25) is 0 Å². The first-order chi connectivity index (χ1) is 14.1. The van der Waals surface area contributed by atoms with Crippen molar-refractivity contribution in [3.8, 4) is 0 Å². The maximum absolute atomic E-state index is 13.0. The first-order valence-corrected chi connectivity index (χ1v) is 9.58. The molecule has 0 aliphatic rings. The summed E-state index contributed by atoms with van der Waals surface area (Å²) in [6.07, 6.45) is 0.248. The number of aryl methyl sites for hydroxylation is 1. The highest BCUT2D eigenvalue weighted by molar-refractivity contribution is 6.14. The van der Waals surface area contributed by atoms with Gasteiger partial charge in [0.2, 0.25) is 5.91 Å². The topological polar surface area (TPSA) is 46.2 Å². The second-order valence-corrected chi connectivity index (χ2v) is 7.15. The summed E-state index contributed by atoms with van der Waals surface area (Å²) in [6, 6.07) is 28.7. The number of benzene rings is 4. The summed E-state index contributed by atoms with van der Waals surface area (Å²) in [7, 11) is 0. The molecule has 0 saturated heterocycles. The molecule has 3 nitrogen and oxygen atoms in total. The number of anilines is 1. The van der Waals surface area contributed by atoms with Crippen LogP contribution in [0.4, 0.5) is 5.69 Å². The van der Waals surface area contributed by atoms with Crippen molar-refractivity contribution < 1.29 is 9.59 Å². The number of hydrogen-bond acceptors (Lipinski definition) is 2. The first-order valence-electron chi connectivity index (χ1n) is 9.58. The molecule has 0 spiro atoms. The SMILES string of the molecule is Cc1ccc(NC(=O)Cc2ccc3ccccc3c2)c(C(=O)c2ccccc2)c1. The van der Waals surface area contributed by atoms with Gasteiger partial charge in [0.15, 0.2) is 5.78 Å². The van der Waals surface area contributed by atoms with Gasteiger partial charge in [-0.25, -0.2) is 0 Å². The Balaban J connectivity index is 1.57. The van der Waals surface area contributed by atoms with E-state index >= 15 is 0 Å². The third-order valence-electron chi connectivity index (χ3n) is 4.91. The average molecular weight is 379 g/mol. The van der Waals surface area contributed by atoms with Gasteiger partial charge < -0.3 is 5.32 Å². The smallest absolute Gasteiger partial charge is 0.228 e. The quantitative estimate of drug-likeness (QED) is 0.461. The predicted molar refractivity (Wildman–Crippen MR) is 117 cm³/mol. The van der Waals surface area contributed by atoms with E-state index in [0.717, 1.165) is 21.9 Å². The van der Waals surface area contributed by atoms with E-state index in [-0.39, 0.29) is 18.1 Å². The van der Waals surface area contributed by atoms with Gasteiger partial charge in [0.25, 0.3) is 0 Å². The Bertz CT molecular complexity index is 1200. The third kappa shape index (κ3) is 4.25. The van der Waals surface area contributed by atoms with Crippen molar-refractivity contribution in [1.82, 2.24) is 0 Å². The van der Waals surface area contributed by atoms with E-state index in [4.69, 9.17) is 0 Å². The largest absolute Gasteiger partial charge is 0.325 e. The van der Waals surface area contributed by atoms with E-state index in [1.165, 1.54) is 0 Å². The van der Waals surface area contributed by atoms with Crippen molar-refractivity contribution in [3.63, 3.8) is 0 Å². The summed E-state index contributed by atoms with van der Waals surface area (Å²) in [4.78, 5) is 25.6. The summed E-state index contributed by atoms with van der Waals surface area (Å²) in [5, 5.41) is 5.17. The van der Waals surface area contributed by atoms with Crippen LogP contribution in [-0.4, -0.2) is 11.7 Å². The molecule has 0 aliphatic heterocycles. The maximum Gasteiger partial charge on any atom is 0.228 e. The second kappa shape index (κ2) is 8.11. The van der Waals surface area contributed by atoms with E-state index < -0.39 is 0 Å². The van der Waals surface area contributed by atoms with E-state index in [0.29, 0.717) is 16.8 Å². The number of hydrogen-bond donors (Lipinski definition) is 1. The molecular formula is C26H21NO2. The fraction of sp³-hybridized carbons (Fsp3) is 0.0769.